The average Bonchev–Trinajstić information content (AvgIpc) is 2.74. The first-order valence-corrected chi connectivity index (χ1v) is 5.73. The van der Waals surface area contributed by atoms with Gasteiger partial charge in [0.25, 0.3) is 0 Å². The lowest BCUT2D eigenvalue weighted by Crippen LogP contribution is -1.97. The molecule has 6 heteroatoms. The van der Waals surface area contributed by atoms with Crippen molar-refractivity contribution < 1.29 is 4.52 Å². The third-order valence-corrected chi connectivity index (χ3v) is 2.62. The predicted octanol–water partition coefficient (Wildman–Crippen LogP) is 3.32. The first kappa shape index (κ1) is 11.0. The van der Waals surface area contributed by atoms with Crippen molar-refractivity contribution in [2.75, 3.05) is 5.32 Å². The minimum absolute atomic E-state index is 0.191. The Labute approximate surface area is 108 Å². The molecule has 0 aliphatic heterocycles. The number of aromatic nitrogens is 3. The zero-order chi connectivity index (χ0) is 12.5. The molecule has 0 saturated carbocycles. The summed E-state index contributed by atoms with van der Waals surface area (Å²) in [6, 6.07) is 9.39. The van der Waals surface area contributed by atoms with Crippen LogP contribution in [0.5, 0.6) is 0 Å². The molecule has 2 aromatic heterocycles. The molecule has 0 atom stereocenters. The molecule has 0 aliphatic carbocycles. The highest BCUT2D eigenvalue weighted by Gasteiger charge is 2.08. The molecule has 1 aromatic carbocycles. The van der Waals surface area contributed by atoms with Crippen molar-refractivity contribution in [1.29, 1.82) is 0 Å². The second-order valence-electron chi connectivity index (χ2n) is 3.81. The summed E-state index contributed by atoms with van der Waals surface area (Å²) in [7, 11) is 0. The Morgan fingerprint density at radius 2 is 2.06 bits per heavy atom. The number of nitrogens with one attached hydrogen (secondary N) is 1. The molecule has 0 amide bonds. The van der Waals surface area contributed by atoms with Crippen LogP contribution in [0.15, 0.2) is 34.9 Å². The van der Waals surface area contributed by atoms with Gasteiger partial charge in [-0.05, 0) is 30.7 Å². The fraction of sp³-hybridized carbons (Fsp3) is 0.0833. The molecule has 2 heterocycles. The van der Waals surface area contributed by atoms with Crippen LogP contribution in [-0.4, -0.2) is 15.1 Å². The van der Waals surface area contributed by atoms with E-state index in [0.29, 0.717) is 11.6 Å². The summed E-state index contributed by atoms with van der Waals surface area (Å²) in [6.45, 7) is 1.82. The first-order valence-electron chi connectivity index (χ1n) is 5.35. The molecule has 18 heavy (non-hydrogen) atoms. The molecule has 0 spiro atoms. The van der Waals surface area contributed by atoms with Crippen LogP contribution in [0.2, 0.25) is 5.28 Å². The lowest BCUT2D eigenvalue weighted by Gasteiger charge is -2.05. The van der Waals surface area contributed by atoms with Crippen LogP contribution in [0.3, 0.4) is 0 Å². The van der Waals surface area contributed by atoms with Gasteiger partial charge in [-0.15, -0.1) is 0 Å². The number of rotatable bonds is 2. The molecule has 90 valence electrons. The smallest absolute Gasteiger partial charge is 0.224 e. The Hall–Kier alpha value is -2.14. The molecular formula is C12H9ClN4O. The van der Waals surface area contributed by atoms with E-state index in [9.17, 15) is 0 Å². The van der Waals surface area contributed by atoms with Crippen molar-refractivity contribution in [2.24, 2.45) is 0 Å². The van der Waals surface area contributed by atoms with Crippen molar-refractivity contribution in [3.05, 3.63) is 41.4 Å². The maximum absolute atomic E-state index is 5.89. The van der Waals surface area contributed by atoms with Gasteiger partial charge in [0.2, 0.25) is 5.28 Å². The summed E-state index contributed by atoms with van der Waals surface area (Å²) >= 11 is 5.89. The van der Waals surface area contributed by atoms with Crippen LogP contribution in [0, 0.1) is 6.92 Å². The Morgan fingerprint density at radius 3 is 2.83 bits per heavy atom. The molecule has 3 aromatic rings. The van der Waals surface area contributed by atoms with Crippen LogP contribution in [0.25, 0.3) is 10.9 Å². The summed E-state index contributed by atoms with van der Waals surface area (Å²) in [5.74, 6) is 1.92. The van der Waals surface area contributed by atoms with Crippen molar-refractivity contribution in [3.63, 3.8) is 0 Å². The van der Waals surface area contributed by atoms with Gasteiger partial charge in [-0.2, -0.15) is 4.98 Å². The summed E-state index contributed by atoms with van der Waals surface area (Å²) in [5.41, 5.74) is 0.778. The lowest BCUT2D eigenvalue weighted by atomic mass is 10.2. The zero-order valence-corrected chi connectivity index (χ0v) is 10.3. The number of halogens is 1. The molecule has 0 radical (unpaired) electrons. The van der Waals surface area contributed by atoms with Gasteiger partial charge < -0.3 is 9.84 Å². The van der Waals surface area contributed by atoms with Gasteiger partial charge in [0, 0.05) is 11.5 Å². The van der Waals surface area contributed by atoms with Gasteiger partial charge >= 0.3 is 0 Å². The lowest BCUT2D eigenvalue weighted by molar-refractivity contribution is 0.400. The van der Waals surface area contributed by atoms with E-state index in [2.05, 4.69) is 20.4 Å². The van der Waals surface area contributed by atoms with Gasteiger partial charge in [-0.25, -0.2) is 4.98 Å². The van der Waals surface area contributed by atoms with Crippen LogP contribution < -0.4 is 5.32 Å². The number of fused-ring (bicyclic) bond motifs is 1. The average molecular weight is 261 g/mol. The Kier molecular flexibility index (Phi) is 2.60. The van der Waals surface area contributed by atoms with Crippen LogP contribution >= 0.6 is 11.6 Å². The zero-order valence-electron chi connectivity index (χ0n) is 9.51. The van der Waals surface area contributed by atoms with Crippen molar-refractivity contribution in [3.8, 4) is 0 Å². The van der Waals surface area contributed by atoms with Crippen molar-refractivity contribution in [2.45, 2.75) is 6.92 Å². The molecule has 0 saturated heterocycles. The number of aryl methyl sites for hydroxylation is 1. The summed E-state index contributed by atoms with van der Waals surface area (Å²) in [6.07, 6.45) is 0. The number of hydrogen-bond acceptors (Lipinski definition) is 5. The van der Waals surface area contributed by atoms with Gasteiger partial charge in [-0.1, -0.05) is 17.3 Å². The number of benzene rings is 1. The largest absolute Gasteiger partial charge is 0.360 e. The van der Waals surface area contributed by atoms with E-state index >= 15 is 0 Å². The number of para-hydroxylation sites is 1. The fourth-order valence-electron chi connectivity index (χ4n) is 1.69. The molecule has 0 unspecified atom stereocenters. The number of anilines is 2. The van der Waals surface area contributed by atoms with E-state index in [1.165, 1.54) is 0 Å². The van der Waals surface area contributed by atoms with E-state index in [0.717, 1.165) is 16.7 Å². The number of hydrogen-bond donors (Lipinski definition) is 1. The summed E-state index contributed by atoms with van der Waals surface area (Å²) in [5, 5.41) is 7.99. The quantitative estimate of drug-likeness (QED) is 0.716. The maximum atomic E-state index is 5.89. The number of nitrogens with zero attached hydrogens (tertiary/aromatic N) is 3. The third kappa shape index (κ3) is 2.00. The van der Waals surface area contributed by atoms with Crippen LogP contribution in [0.1, 0.15) is 5.76 Å². The molecule has 0 bridgehead atoms. The van der Waals surface area contributed by atoms with Crippen molar-refractivity contribution >= 4 is 34.1 Å². The summed E-state index contributed by atoms with van der Waals surface area (Å²) in [4.78, 5) is 8.32. The van der Waals surface area contributed by atoms with Crippen LogP contribution in [0.4, 0.5) is 11.6 Å². The van der Waals surface area contributed by atoms with Gasteiger partial charge in [0.05, 0.1) is 5.52 Å². The Balaban J connectivity index is 2.10. The molecule has 0 fully saturated rings. The van der Waals surface area contributed by atoms with Crippen LogP contribution in [-0.2, 0) is 0 Å². The fourth-order valence-corrected chi connectivity index (χ4v) is 1.87. The molecule has 0 aliphatic rings. The first-order chi connectivity index (χ1) is 8.72. The van der Waals surface area contributed by atoms with E-state index in [4.69, 9.17) is 16.1 Å². The summed E-state index contributed by atoms with van der Waals surface area (Å²) < 4.78 is 4.99. The molecular weight excluding hydrogens is 252 g/mol. The van der Waals surface area contributed by atoms with E-state index in [1.54, 1.807) is 6.07 Å². The predicted molar refractivity (Wildman–Crippen MR) is 69.1 cm³/mol. The Morgan fingerprint density at radius 1 is 1.22 bits per heavy atom. The van der Waals surface area contributed by atoms with E-state index < -0.39 is 0 Å². The minimum Gasteiger partial charge on any atom is -0.360 e. The minimum atomic E-state index is 0.191. The second-order valence-corrected chi connectivity index (χ2v) is 4.14. The topological polar surface area (TPSA) is 63.8 Å². The SMILES string of the molecule is Cc1cc(Nc2nc(Cl)nc3ccccc23)no1. The van der Waals surface area contributed by atoms with E-state index in [-0.39, 0.29) is 5.28 Å². The second kappa shape index (κ2) is 4.27. The van der Waals surface area contributed by atoms with Crippen molar-refractivity contribution in [1.82, 2.24) is 15.1 Å². The Bertz CT molecular complexity index is 710. The highest BCUT2D eigenvalue weighted by atomic mass is 35.5. The van der Waals surface area contributed by atoms with Gasteiger partial charge in [0.1, 0.15) is 11.6 Å². The maximum Gasteiger partial charge on any atom is 0.224 e. The third-order valence-electron chi connectivity index (χ3n) is 2.45. The monoisotopic (exact) mass is 260 g/mol. The molecule has 3 rings (SSSR count). The molecule has 1 N–H and O–H groups in total. The van der Waals surface area contributed by atoms with Gasteiger partial charge in [0.15, 0.2) is 5.82 Å². The highest BCUT2D eigenvalue weighted by Crippen LogP contribution is 2.24. The standard InChI is InChI=1S/C12H9ClN4O/c1-7-6-10(17-18-7)15-11-8-4-2-3-5-9(8)14-12(13)16-11/h2-6H,1H3,(H,14,15,16,17). The molecule has 5 nitrogen and oxygen atoms in total. The highest BCUT2D eigenvalue weighted by molar-refractivity contribution is 6.28. The van der Waals surface area contributed by atoms with Gasteiger partial charge in [-0.3, -0.25) is 0 Å². The normalized spacial score (nSPS) is 10.8. The van der Waals surface area contributed by atoms with E-state index in [1.807, 2.05) is 31.2 Å².